The van der Waals surface area contributed by atoms with Crippen molar-refractivity contribution in [2.24, 2.45) is 5.92 Å². The van der Waals surface area contributed by atoms with E-state index in [9.17, 15) is 0 Å². The van der Waals surface area contributed by atoms with Gasteiger partial charge in [0.2, 0.25) is 0 Å². The molecule has 1 aromatic heterocycles. The van der Waals surface area contributed by atoms with Crippen molar-refractivity contribution >= 4 is 0 Å². The lowest BCUT2D eigenvalue weighted by molar-refractivity contribution is 0.121. The van der Waals surface area contributed by atoms with Gasteiger partial charge < -0.3 is 5.32 Å². The molecule has 1 aromatic rings. The van der Waals surface area contributed by atoms with Crippen LogP contribution < -0.4 is 5.32 Å². The highest BCUT2D eigenvalue weighted by molar-refractivity contribution is 5.04. The molecule has 0 amide bonds. The third kappa shape index (κ3) is 3.03. The van der Waals surface area contributed by atoms with Gasteiger partial charge in [0.05, 0.1) is 5.69 Å². The van der Waals surface area contributed by atoms with Gasteiger partial charge in [-0.3, -0.25) is 9.88 Å². The zero-order chi connectivity index (χ0) is 11.4. The summed E-state index contributed by atoms with van der Waals surface area (Å²) in [7, 11) is 0. The van der Waals surface area contributed by atoms with Gasteiger partial charge in [0.1, 0.15) is 0 Å². The van der Waals surface area contributed by atoms with Gasteiger partial charge in [-0.15, -0.1) is 0 Å². The maximum Gasteiger partial charge on any atom is 0.0544 e. The van der Waals surface area contributed by atoms with Crippen molar-refractivity contribution in [3.05, 3.63) is 30.1 Å². The van der Waals surface area contributed by atoms with E-state index in [-0.39, 0.29) is 0 Å². The first kappa shape index (κ1) is 11.6. The molecular weight excluding hydrogens is 198 g/mol. The predicted molar refractivity (Wildman–Crippen MR) is 66.1 cm³/mol. The van der Waals surface area contributed by atoms with Gasteiger partial charge in [-0.2, -0.15) is 0 Å². The fourth-order valence-corrected chi connectivity index (χ4v) is 2.04. The molecule has 1 aliphatic rings. The molecule has 0 aliphatic carbocycles. The fourth-order valence-electron chi connectivity index (χ4n) is 2.04. The zero-order valence-electron chi connectivity index (χ0n) is 10.2. The van der Waals surface area contributed by atoms with E-state index < -0.39 is 0 Å². The summed E-state index contributed by atoms with van der Waals surface area (Å²) in [6, 6.07) is 6.85. The summed E-state index contributed by atoms with van der Waals surface area (Å²) in [5.41, 5.74) is 1.18. The SMILES string of the molecule is CC(C)CN(Cc1ccccn1)C1CNC1. The molecule has 1 fully saturated rings. The topological polar surface area (TPSA) is 28.2 Å². The Morgan fingerprint density at radius 3 is 2.75 bits per heavy atom. The Morgan fingerprint density at radius 2 is 2.25 bits per heavy atom. The van der Waals surface area contributed by atoms with Crippen LogP contribution in [0.1, 0.15) is 19.5 Å². The van der Waals surface area contributed by atoms with Gasteiger partial charge in [0, 0.05) is 38.4 Å². The highest BCUT2D eigenvalue weighted by Crippen LogP contribution is 2.12. The van der Waals surface area contributed by atoms with E-state index in [2.05, 4.69) is 41.2 Å². The summed E-state index contributed by atoms with van der Waals surface area (Å²) in [4.78, 5) is 6.95. The first-order valence-electron chi connectivity index (χ1n) is 6.10. The molecule has 1 saturated heterocycles. The smallest absolute Gasteiger partial charge is 0.0544 e. The highest BCUT2D eigenvalue weighted by Gasteiger charge is 2.25. The highest BCUT2D eigenvalue weighted by atomic mass is 15.2. The third-order valence-electron chi connectivity index (χ3n) is 2.97. The van der Waals surface area contributed by atoms with Crippen LogP contribution in [0.3, 0.4) is 0 Å². The normalized spacial score (nSPS) is 16.8. The number of hydrogen-bond donors (Lipinski definition) is 1. The van der Waals surface area contributed by atoms with E-state index in [4.69, 9.17) is 0 Å². The summed E-state index contributed by atoms with van der Waals surface area (Å²) in [6.45, 7) is 8.93. The molecule has 0 bridgehead atoms. The summed E-state index contributed by atoms with van der Waals surface area (Å²) < 4.78 is 0. The standard InChI is InChI=1S/C13H21N3/c1-11(2)9-16(13-7-14-8-13)10-12-5-3-4-6-15-12/h3-6,11,13-14H,7-10H2,1-2H3. The van der Waals surface area contributed by atoms with E-state index in [0.717, 1.165) is 26.2 Å². The number of rotatable bonds is 5. The van der Waals surface area contributed by atoms with Gasteiger partial charge in [0.15, 0.2) is 0 Å². The predicted octanol–water partition coefficient (Wildman–Crippen LogP) is 1.51. The number of nitrogens with zero attached hydrogens (tertiary/aromatic N) is 2. The van der Waals surface area contributed by atoms with Crippen LogP contribution in [0.2, 0.25) is 0 Å². The van der Waals surface area contributed by atoms with Gasteiger partial charge in [-0.05, 0) is 18.1 Å². The number of pyridine rings is 1. The molecule has 3 heteroatoms. The second-order valence-corrected chi connectivity index (χ2v) is 4.96. The van der Waals surface area contributed by atoms with Crippen molar-refractivity contribution in [1.29, 1.82) is 0 Å². The van der Waals surface area contributed by atoms with Crippen LogP contribution in [-0.2, 0) is 6.54 Å². The van der Waals surface area contributed by atoms with E-state index >= 15 is 0 Å². The lowest BCUT2D eigenvalue weighted by Crippen LogP contribution is -2.57. The summed E-state index contributed by atoms with van der Waals surface area (Å²) >= 11 is 0. The van der Waals surface area contributed by atoms with Gasteiger partial charge in [0.25, 0.3) is 0 Å². The monoisotopic (exact) mass is 219 g/mol. The van der Waals surface area contributed by atoms with Crippen LogP contribution in [0.4, 0.5) is 0 Å². The van der Waals surface area contributed by atoms with Crippen molar-refractivity contribution in [3.8, 4) is 0 Å². The van der Waals surface area contributed by atoms with Crippen LogP contribution >= 0.6 is 0 Å². The van der Waals surface area contributed by atoms with Crippen molar-refractivity contribution < 1.29 is 0 Å². The Hall–Kier alpha value is -0.930. The molecule has 2 rings (SSSR count). The fraction of sp³-hybridized carbons (Fsp3) is 0.615. The summed E-state index contributed by atoms with van der Waals surface area (Å²) in [5.74, 6) is 0.712. The summed E-state index contributed by atoms with van der Waals surface area (Å²) in [5, 5.41) is 3.34. The van der Waals surface area contributed by atoms with Crippen LogP contribution in [-0.4, -0.2) is 35.6 Å². The zero-order valence-corrected chi connectivity index (χ0v) is 10.2. The van der Waals surface area contributed by atoms with Crippen molar-refractivity contribution in [3.63, 3.8) is 0 Å². The van der Waals surface area contributed by atoms with Crippen LogP contribution in [0.5, 0.6) is 0 Å². The van der Waals surface area contributed by atoms with Gasteiger partial charge >= 0.3 is 0 Å². The maximum absolute atomic E-state index is 4.40. The van der Waals surface area contributed by atoms with Crippen molar-refractivity contribution in [2.45, 2.75) is 26.4 Å². The molecule has 0 saturated carbocycles. The molecule has 0 unspecified atom stereocenters. The number of aromatic nitrogens is 1. The molecule has 3 nitrogen and oxygen atoms in total. The Balaban J connectivity index is 1.96. The molecular formula is C13H21N3. The molecule has 0 atom stereocenters. The second kappa shape index (κ2) is 5.41. The first-order valence-corrected chi connectivity index (χ1v) is 6.10. The van der Waals surface area contributed by atoms with Crippen LogP contribution in [0, 0.1) is 5.92 Å². The first-order chi connectivity index (χ1) is 7.75. The van der Waals surface area contributed by atoms with Crippen molar-refractivity contribution in [2.75, 3.05) is 19.6 Å². The van der Waals surface area contributed by atoms with E-state index in [0.29, 0.717) is 12.0 Å². The van der Waals surface area contributed by atoms with Gasteiger partial charge in [-0.25, -0.2) is 0 Å². The van der Waals surface area contributed by atoms with Gasteiger partial charge in [-0.1, -0.05) is 19.9 Å². The minimum Gasteiger partial charge on any atom is -0.314 e. The Kier molecular flexibility index (Phi) is 3.91. The minimum atomic E-state index is 0.699. The quantitative estimate of drug-likeness (QED) is 0.813. The Morgan fingerprint density at radius 1 is 1.44 bits per heavy atom. The Labute approximate surface area is 97.9 Å². The minimum absolute atomic E-state index is 0.699. The average molecular weight is 219 g/mol. The largest absolute Gasteiger partial charge is 0.314 e. The maximum atomic E-state index is 4.40. The molecule has 16 heavy (non-hydrogen) atoms. The summed E-state index contributed by atoms with van der Waals surface area (Å²) in [6.07, 6.45) is 1.88. The lowest BCUT2D eigenvalue weighted by atomic mass is 10.1. The lowest BCUT2D eigenvalue weighted by Gasteiger charge is -2.39. The second-order valence-electron chi connectivity index (χ2n) is 4.96. The van der Waals surface area contributed by atoms with E-state index in [1.165, 1.54) is 5.69 Å². The average Bonchev–Trinajstić information content (AvgIpc) is 2.15. The molecule has 2 heterocycles. The molecule has 0 radical (unpaired) electrons. The van der Waals surface area contributed by atoms with E-state index in [1.807, 2.05) is 12.3 Å². The molecule has 0 spiro atoms. The third-order valence-corrected chi connectivity index (χ3v) is 2.97. The Bertz CT molecular complexity index is 306. The molecule has 1 aliphatic heterocycles. The number of hydrogen-bond acceptors (Lipinski definition) is 3. The molecule has 88 valence electrons. The van der Waals surface area contributed by atoms with E-state index in [1.54, 1.807) is 0 Å². The molecule has 0 aromatic carbocycles. The van der Waals surface area contributed by atoms with Crippen LogP contribution in [0.25, 0.3) is 0 Å². The number of nitrogens with one attached hydrogen (secondary N) is 1. The molecule has 1 N–H and O–H groups in total. The van der Waals surface area contributed by atoms with Crippen molar-refractivity contribution in [1.82, 2.24) is 15.2 Å². The van der Waals surface area contributed by atoms with Crippen LogP contribution in [0.15, 0.2) is 24.4 Å².